The molecule has 160 valence electrons. The zero-order chi connectivity index (χ0) is 22.6. The topological polar surface area (TPSA) is 75.7 Å². The molecule has 0 bridgehead atoms. The SMILES string of the molecule is C=O.C=O.CC.CC(C)c1nc(N(C)C)nc(-c2ccc(F)cc2)c1CC1CO1. The molecule has 1 saturated heterocycles. The van der Waals surface area contributed by atoms with Crippen molar-refractivity contribution in [1.82, 2.24) is 9.97 Å². The van der Waals surface area contributed by atoms with Crippen molar-refractivity contribution in [2.24, 2.45) is 0 Å². The summed E-state index contributed by atoms with van der Waals surface area (Å²) in [6.07, 6.45) is 1.05. The molecule has 1 atom stereocenters. The molecule has 1 aromatic heterocycles. The fourth-order valence-corrected chi connectivity index (χ4v) is 2.63. The molecular formula is C22H32FN3O3. The van der Waals surface area contributed by atoms with Crippen LogP contribution in [0.15, 0.2) is 24.3 Å². The van der Waals surface area contributed by atoms with Crippen LogP contribution in [0.1, 0.15) is 44.9 Å². The molecule has 0 saturated carbocycles. The molecule has 0 radical (unpaired) electrons. The zero-order valence-corrected chi connectivity index (χ0v) is 18.2. The third-order valence-corrected chi connectivity index (χ3v) is 3.93. The Morgan fingerprint density at radius 2 is 1.62 bits per heavy atom. The van der Waals surface area contributed by atoms with Gasteiger partial charge in [0.05, 0.1) is 24.1 Å². The third-order valence-electron chi connectivity index (χ3n) is 3.93. The Bertz CT molecular complexity index is 731. The lowest BCUT2D eigenvalue weighted by Gasteiger charge is -2.20. The molecule has 7 heteroatoms. The van der Waals surface area contributed by atoms with Crippen molar-refractivity contribution < 1.29 is 18.7 Å². The molecule has 1 unspecified atom stereocenters. The predicted octanol–water partition coefficient (Wildman–Crippen LogP) is 4.07. The summed E-state index contributed by atoms with van der Waals surface area (Å²) in [6.45, 7) is 13.1. The standard InChI is InChI=1S/C18H22FN3O.C2H6.2CH2O/c1-11(2)16-15(9-14-10-23-14)17(21-18(20-16)22(3)4)12-5-7-13(19)8-6-12;3*1-2/h5-8,11,14H,9-10H2,1-4H3;1-2H3;2*1H2. The number of anilines is 1. The Labute approximate surface area is 173 Å². The van der Waals surface area contributed by atoms with Crippen LogP contribution in [0.5, 0.6) is 0 Å². The van der Waals surface area contributed by atoms with Gasteiger partial charge in [0.15, 0.2) is 0 Å². The minimum Gasteiger partial charge on any atom is -0.373 e. The zero-order valence-electron chi connectivity index (χ0n) is 18.2. The molecule has 0 spiro atoms. The van der Waals surface area contributed by atoms with Crippen LogP contribution in [-0.4, -0.2) is 50.4 Å². The second kappa shape index (κ2) is 13.5. The van der Waals surface area contributed by atoms with Gasteiger partial charge in [0.1, 0.15) is 19.4 Å². The predicted molar refractivity (Wildman–Crippen MR) is 115 cm³/mol. The number of hydrogen-bond acceptors (Lipinski definition) is 6. The monoisotopic (exact) mass is 405 g/mol. The van der Waals surface area contributed by atoms with Crippen molar-refractivity contribution in [3.05, 3.63) is 41.3 Å². The van der Waals surface area contributed by atoms with Crippen LogP contribution >= 0.6 is 0 Å². The number of carbonyl (C=O) groups excluding carboxylic acids is 2. The highest BCUT2D eigenvalue weighted by Gasteiger charge is 2.28. The number of halogens is 1. The van der Waals surface area contributed by atoms with Crippen LogP contribution in [0.2, 0.25) is 0 Å². The normalized spacial score (nSPS) is 13.7. The summed E-state index contributed by atoms with van der Waals surface area (Å²) in [5, 5.41) is 0. The van der Waals surface area contributed by atoms with Gasteiger partial charge >= 0.3 is 0 Å². The minimum atomic E-state index is -0.244. The molecule has 1 aliphatic heterocycles. The van der Waals surface area contributed by atoms with E-state index in [2.05, 4.69) is 13.8 Å². The van der Waals surface area contributed by atoms with Gasteiger partial charge in [-0.15, -0.1) is 0 Å². The van der Waals surface area contributed by atoms with Gasteiger partial charge in [-0.3, -0.25) is 0 Å². The average Bonchev–Trinajstić information content (AvgIpc) is 3.57. The van der Waals surface area contributed by atoms with E-state index < -0.39 is 0 Å². The van der Waals surface area contributed by atoms with Gasteiger partial charge in [-0.25, -0.2) is 14.4 Å². The lowest BCUT2D eigenvalue weighted by molar-refractivity contribution is -0.0987. The van der Waals surface area contributed by atoms with E-state index in [0.717, 1.165) is 35.5 Å². The molecule has 3 rings (SSSR count). The molecule has 0 N–H and O–H groups in total. The maximum absolute atomic E-state index is 13.3. The first-order chi connectivity index (χ1) is 14.0. The van der Waals surface area contributed by atoms with E-state index in [1.807, 2.05) is 46.4 Å². The van der Waals surface area contributed by atoms with Crippen LogP contribution in [0, 0.1) is 5.82 Å². The van der Waals surface area contributed by atoms with E-state index in [9.17, 15) is 4.39 Å². The van der Waals surface area contributed by atoms with Crippen LogP contribution in [0.4, 0.5) is 10.3 Å². The number of carbonyl (C=O) groups is 2. The molecule has 0 amide bonds. The first-order valence-electron chi connectivity index (χ1n) is 9.49. The third kappa shape index (κ3) is 7.69. The fourth-order valence-electron chi connectivity index (χ4n) is 2.63. The first kappa shape index (κ1) is 26.3. The first-order valence-corrected chi connectivity index (χ1v) is 9.49. The number of benzene rings is 1. The molecule has 1 fully saturated rings. The lowest BCUT2D eigenvalue weighted by Crippen LogP contribution is -2.17. The van der Waals surface area contributed by atoms with Crippen LogP contribution in [0.25, 0.3) is 11.3 Å². The lowest BCUT2D eigenvalue weighted by atomic mass is 9.95. The summed E-state index contributed by atoms with van der Waals surface area (Å²) in [6, 6.07) is 6.50. The Morgan fingerprint density at radius 3 is 2.03 bits per heavy atom. The number of nitrogens with zero attached hydrogens (tertiary/aromatic N) is 3. The molecule has 0 aliphatic carbocycles. The van der Waals surface area contributed by atoms with Gasteiger partial charge < -0.3 is 19.2 Å². The quantitative estimate of drug-likeness (QED) is 0.698. The van der Waals surface area contributed by atoms with E-state index in [-0.39, 0.29) is 17.8 Å². The number of rotatable bonds is 5. The number of ether oxygens (including phenoxy) is 1. The van der Waals surface area contributed by atoms with Crippen LogP contribution in [-0.2, 0) is 20.7 Å². The van der Waals surface area contributed by atoms with Gasteiger partial charge in [-0.1, -0.05) is 27.7 Å². The fraction of sp³-hybridized carbons (Fsp3) is 0.455. The number of epoxide rings is 1. The summed E-state index contributed by atoms with van der Waals surface area (Å²) in [5.41, 5.74) is 3.94. The highest BCUT2D eigenvalue weighted by Crippen LogP contribution is 2.32. The van der Waals surface area contributed by atoms with Crippen LogP contribution < -0.4 is 4.90 Å². The van der Waals surface area contributed by atoms with E-state index in [1.165, 1.54) is 12.1 Å². The molecular weight excluding hydrogens is 373 g/mol. The van der Waals surface area contributed by atoms with E-state index >= 15 is 0 Å². The Morgan fingerprint density at radius 1 is 1.10 bits per heavy atom. The van der Waals surface area contributed by atoms with Crippen molar-refractivity contribution >= 4 is 19.5 Å². The van der Waals surface area contributed by atoms with E-state index in [1.54, 1.807) is 12.1 Å². The summed E-state index contributed by atoms with van der Waals surface area (Å²) < 4.78 is 18.7. The number of hydrogen-bond donors (Lipinski definition) is 0. The van der Waals surface area contributed by atoms with Gasteiger partial charge in [0.2, 0.25) is 5.95 Å². The van der Waals surface area contributed by atoms with Crippen molar-refractivity contribution in [1.29, 1.82) is 0 Å². The summed E-state index contributed by atoms with van der Waals surface area (Å²) >= 11 is 0. The average molecular weight is 406 g/mol. The Balaban J connectivity index is 0.00000120. The van der Waals surface area contributed by atoms with Crippen molar-refractivity contribution in [2.75, 3.05) is 25.6 Å². The molecule has 1 aliphatic rings. The summed E-state index contributed by atoms with van der Waals surface area (Å²) in [7, 11) is 3.86. The minimum absolute atomic E-state index is 0.244. The molecule has 2 aromatic rings. The maximum atomic E-state index is 13.3. The largest absolute Gasteiger partial charge is 0.373 e. The molecule has 1 aromatic carbocycles. The van der Waals surface area contributed by atoms with Gasteiger partial charge in [0.25, 0.3) is 0 Å². The smallest absolute Gasteiger partial charge is 0.225 e. The van der Waals surface area contributed by atoms with Gasteiger partial charge in [-0.2, -0.15) is 0 Å². The van der Waals surface area contributed by atoms with Crippen LogP contribution in [0.3, 0.4) is 0 Å². The second-order valence-electron chi connectivity index (χ2n) is 6.45. The van der Waals surface area contributed by atoms with E-state index in [0.29, 0.717) is 5.95 Å². The Hall–Kier alpha value is -2.67. The Kier molecular flexibility index (Phi) is 12.3. The summed E-state index contributed by atoms with van der Waals surface area (Å²) in [5.74, 6) is 0.713. The highest BCUT2D eigenvalue weighted by molar-refractivity contribution is 5.66. The molecule has 2 heterocycles. The van der Waals surface area contributed by atoms with Crippen molar-refractivity contribution in [2.45, 2.75) is 46.1 Å². The van der Waals surface area contributed by atoms with Crippen molar-refractivity contribution in [3.8, 4) is 11.3 Å². The summed E-state index contributed by atoms with van der Waals surface area (Å²) in [4.78, 5) is 27.4. The number of aromatic nitrogens is 2. The van der Waals surface area contributed by atoms with E-state index in [4.69, 9.17) is 24.3 Å². The van der Waals surface area contributed by atoms with Gasteiger partial charge in [-0.05, 0) is 30.2 Å². The molecule has 6 nitrogen and oxygen atoms in total. The molecule has 29 heavy (non-hydrogen) atoms. The maximum Gasteiger partial charge on any atom is 0.225 e. The van der Waals surface area contributed by atoms with Gasteiger partial charge in [0, 0.05) is 31.6 Å². The second-order valence-corrected chi connectivity index (χ2v) is 6.45. The highest BCUT2D eigenvalue weighted by atomic mass is 19.1. The van der Waals surface area contributed by atoms with Crippen molar-refractivity contribution in [3.63, 3.8) is 0 Å².